The van der Waals surface area contributed by atoms with E-state index in [2.05, 4.69) is 220 Å². The van der Waals surface area contributed by atoms with Crippen molar-refractivity contribution in [3.05, 3.63) is 207 Å². The van der Waals surface area contributed by atoms with Gasteiger partial charge in [-0.25, -0.2) is 4.79 Å². The predicted octanol–water partition coefficient (Wildman–Crippen LogP) is 25.5. The van der Waals surface area contributed by atoms with Crippen LogP contribution >= 0.6 is 0 Å². The van der Waals surface area contributed by atoms with Crippen molar-refractivity contribution >= 4 is 17.9 Å². The van der Waals surface area contributed by atoms with E-state index in [1.165, 1.54) is 96.3 Å². The Morgan fingerprint density at radius 2 is 0.545 bits per heavy atom. The van der Waals surface area contributed by atoms with Gasteiger partial charge in [-0.3, -0.25) is 9.59 Å². The van der Waals surface area contributed by atoms with E-state index in [1.54, 1.807) is 0 Å². The third-order valence-electron chi connectivity index (χ3n) is 16.0. The molecule has 0 saturated carbocycles. The van der Waals surface area contributed by atoms with Gasteiger partial charge >= 0.3 is 17.9 Å². The molecule has 0 fully saturated rings. The number of quaternary nitrogens is 1. The normalized spacial score (nSPS) is 13.8. The van der Waals surface area contributed by atoms with Crippen molar-refractivity contribution in [3.8, 4) is 0 Å². The standard InChI is InChI=1S/C90H143NO8/c1-6-8-10-12-14-16-18-20-22-24-26-28-30-32-34-36-38-40-42-43-44-45-47-48-50-52-54-56-58-60-62-64-66-68-70-72-74-76-78-80-87(92)97-84-86(85-98-90(89(94)95)96-83-82-91(3,4)5)99-88(93)81-79-77-75-73-71-69-67-65-63-61-59-57-55-53-51-49-46-41-39-37-35-33-31-29-27-25-23-21-19-17-15-13-11-9-7-2/h8-11,14-17,20-23,26-29,32-35,38-41,43-44,47-49,51,55,57,61,63,86,90H,6-7,12-13,18-19,24-25,30-31,36-37,42,45-46,50,52-54,56,58-60,62,64-85H2,1-5H3/p+1/b10-8-,11-9-,16-14-,17-15-,22-20-,23-21-,28-26-,29-27-,34-32-,35-33-,40-38-,41-39-,44-43-,48-47-,51-49-,57-55-,63-61-. The van der Waals surface area contributed by atoms with Crippen molar-refractivity contribution in [1.29, 1.82) is 0 Å². The van der Waals surface area contributed by atoms with Crippen LogP contribution < -0.4 is 0 Å². The molecule has 0 aliphatic heterocycles. The Bertz CT molecular complexity index is 2390. The van der Waals surface area contributed by atoms with Crippen LogP contribution in [0.1, 0.15) is 284 Å². The van der Waals surface area contributed by atoms with E-state index >= 15 is 0 Å². The minimum atomic E-state index is -1.53. The van der Waals surface area contributed by atoms with E-state index in [-0.39, 0.29) is 38.6 Å². The molecule has 2 unspecified atom stereocenters. The molecule has 99 heavy (non-hydrogen) atoms. The first kappa shape index (κ1) is 92.9. The van der Waals surface area contributed by atoms with Crippen LogP contribution in [0.2, 0.25) is 0 Å². The lowest BCUT2D eigenvalue weighted by molar-refractivity contribution is -0.870. The van der Waals surface area contributed by atoms with Crippen LogP contribution in [0.5, 0.6) is 0 Å². The van der Waals surface area contributed by atoms with E-state index in [9.17, 15) is 19.5 Å². The first-order valence-electron chi connectivity index (χ1n) is 39.2. The summed E-state index contributed by atoms with van der Waals surface area (Å²) in [5.41, 5.74) is 0. The van der Waals surface area contributed by atoms with Crippen molar-refractivity contribution in [1.82, 2.24) is 0 Å². The number of ether oxygens (including phenoxy) is 4. The number of aliphatic carboxylic acids is 1. The maximum atomic E-state index is 13.0. The molecule has 2 atom stereocenters. The van der Waals surface area contributed by atoms with Crippen molar-refractivity contribution in [2.24, 2.45) is 0 Å². The lowest BCUT2D eigenvalue weighted by Gasteiger charge is -2.25. The monoisotopic (exact) mass is 1370 g/mol. The summed E-state index contributed by atoms with van der Waals surface area (Å²) >= 11 is 0. The smallest absolute Gasteiger partial charge is 0.361 e. The van der Waals surface area contributed by atoms with Gasteiger partial charge in [-0.15, -0.1) is 0 Å². The Hall–Kier alpha value is -6.13. The second-order valence-corrected chi connectivity index (χ2v) is 26.6. The minimum absolute atomic E-state index is 0.175. The molecule has 0 amide bonds. The number of allylic oxidation sites excluding steroid dienone is 34. The topological polar surface area (TPSA) is 108 Å². The summed E-state index contributed by atoms with van der Waals surface area (Å²) in [7, 11) is 5.97. The molecule has 0 spiro atoms. The minimum Gasteiger partial charge on any atom is -0.477 e. The molecule has 0 radical (unpaired) electrons. The van der Waals surface area contributed by atoms with E-state index in [0.717, 1.165) is 154 Å². The van der Waals surface area contributed by atoms with E-state index in [4.69, 9.17) is 18.9 Å². The third kappa shape index (κ3) is 79.1. The number of carbonyl (C=O) groups excluding carboxylic acids is 2. The van der Waals surface area contributed by atoms with E-state index < -0.39 is 24.3 Å². The largest absolute Gasteiger partial charge is 0.477 e. The Labute approximate surface area is 607 Å². The number of esters is 2. The highest BCUT2D eigenvalue weighted by molar-refractivity contribution is 5.71. The van der Waals surface area contributed by atoms with Crippen LogP contribution in [0.3, 0.4) is 0 Å². The molecule has 9 nitrogen and oxygen atoms in total. The van der Waals surface area contributed by atoms with E-state index in [1.807, 2.05) is 21.1 Å². The number of rotatable bonds is 70. The fourth-order valence-electron chi connectivity index (χ4n) is 10.1. The average Bonchev–Trinajstić information content (AvgIpc) is 1.16. The van der Waals surface area contributed by atoms with Gasteiger partial charge in [-0.05, 0) is 148 Å². The number of carboxylic acid groups (broad SMARTS) is 1. The van der Waals surface area contributed by atoms with Crippen LogP contribution in [0.4, 0.5) is 0 Å². The first-order chi connectivity index (χ1) is 48.6. The van der Waals surface area contributed by atoms with Gasteiger partial charge in [0, 0.05) is 12.8 Å². The fourth-order valence-corrected chi connectivity index (χ4v) is 10.1. The van der Waals surface area contributed by atoms with E-state index in [0.29, 0.717) is 17.4 Å². The average molecular weight is 1370 g/mol. The van der Waals surface area contributed by atoms with Crippen LogP contribution in [-0.4, -0.2) is 87.4 Å². The van der Waals surface area contributed by atoms with Crippen LogP contribution in [0.15, 0.2) is 207 Å². The SMILES string of the molecule is CC/C=C\C/C=C\C/C=C\C/C=C\C/C=C\C/C=C\C/C=C\C/C=C\C/C=C\CCCCCCCCCC(=O)OC(COC(=O)CCCCCCCCCCCCCCCC/C=C\C/C=C\C/C=C\C/C=C\C/C=C\C/C=C\C/C=C\C/C=C\CC)COC(OCC[N+](C)(C)C)C(=O)O. The summed E-state index contributed by atoms with van der Waals surface area (Å²) in [5.74, 6) is -2.03. The lowest BCUT2D eigenvalue weighted by Crippen LogP contribution is -2.40. The maximum Gasteiger partial charge on any atom is 0.361 e. The van der Waals surface area contributed by atoms with Crippen molar-refractivity contribution < 1.29 is 42.9 Å². The lowest BCUT2D eigenvalue weighted by atomic mass is 10.0. The van der Waals surface area contributed by atoms with Gasteiger partial charge in [0.1, 0.15) is 13.2 Å². The molecule has 0 saturated heterocycles. The second-order valence-electron chi connectivity index (χ2n) is 26.6. The molecule has 1 N–H and O–H groups in total. The van der Waals surface area contributed by atoms with Gasteiger partial charge in [0.05, 0.1) is 34.4 Å². The fraction of sp³-hybridized carbons (Fsp3) is 0.589. The number of hydrogen-bond acceptors (Lipinski definition) is 7. The number of carboxylic acids is 1. The van der Waals surface area contributed by atoms with Gasteiger partial charge < -0.3 is 28.5 Å². The summed E-state index contributed by atoms with van der Waals surface area (Å²) in [5, 5.41) is 9.77. The Morgan fingerprint density at radius 1 is 0.303 bits per heavy atom. The molecule has 0 aromatic carbocycles. The quantitative estimate of drug-likeness (QED) is 0.0211. The van der Waals surface area contributed by atoms with Crippen molar-refractivity contribution in [2.75, 3.05) is 47.5 Å². The summed E-state index contributed by atoms with van der Waals surface area (Å²) < 4.78 is 23.0. The highest BCUT2D eigenvalue weighted by Crippen LogP contribution is 2.16. The molecular weight excluding hydrogens is 1220 g/mol. The zero-order valence-electron chi connectivity index (χ0n) is 63.6. The molecule has 0 aliphatic carbocycles. The Morgan fingerprint density at radius 3 is 0.808 bits per heavy atom. The van der Waals surface area contributed by atoms with Gasteiger partial charge in [-0.2, -0.15) is 0 Å². The molecule has 0 heterocycles. The Kier molecular flexibility index (Phi) is 72.8. The maximum absolute atomic E-state index is 13.0. The number of carbonyl (C=O) groups is 3. The number of nitrogens with zero attached hydrogens (tertiary/aromatic N) is 1. The molecule has 556 valence electrons. The summed E-state index contributed by atoms with van der Waals surface area (Å²) in [6.07, 6.45) is 118. The second kappa shape index (κ2) is 77.6. The van der Waals surface area contributed by atoms with Crippen LogP contribution in [-0.2, 0) is 33.3 Å². The molecule has 0 aromatic heterocycles. The highest BCUT2D eigenvalue weighted by Gasteiger charge is 2.25. The highest BCUT2D eigenvalue weighted by atomic mass is 16.7. The zero-order valence-corrected chi connectivity index (χ0v) is 63.6. The first-order valence-corrected chi connectivity index (χ1v) is 39.2. The van der Waals surface area contributed by atoms with Gasteiger partial charge in [-0.1, -0.05) is 330 Å². The zero-order chi connectivity index (χ0) is 71.8. The van der Waals surface area contributed by atoms with Crippen LogP contribution in [0.25, 0.3) is 0 Å². The molecular formula is C90H144NO8+. The molecule has 0 rings (SSSR count). The number of likely N-dealkylation sites (N-methyl/N-ethyl adjacent to an activating group) is 1. The van der Waals surface area contributed by atoms with Gasteiger partial charge in [0.15, 0.2) is 6.10 Å². The summed E-state index contributed by atoms with van der Waals surface area (Å²) in [4.78, 5) is 37.7. The van der Waals surface area contributed by atoms with Crippen molar-refractivity contribution in [3.63, 3.8) is 0 Å². The Balaban J connectivity index is 4.15. The molecule has 0 aromatic rings. The molecule has 0 bridgehead atoms. The molecule has 0 aliphatic rings. The predicted molar refractivity (Wildman–Crippen MR) is 428 cm³/mol. The van der Waals surface area contributed by atoms with Crippen LogP contribution in [0, 0.1) is 0 Å². The summed E-state index contributed by atoms with van der Waals surface area (Å²) in [6.45, 7) is 4.62. The number of hydrogen-bond donors (Lipinski definition) is 1. The van der Waals surface area contributed by atoms with Gasteiger partial charge in [0.25, 0.3) is 6.29 Å². The summed E-state index contributed by atoms with van der Waals surface area (Å²) in [6, 6.07) is 0. The number of unbranched alkanes of at least 4 members (excludes halogenated alkanes) is 21. The third-order valence-corrected chi connectivity index (χ3v) is 16.0. The van der Waals surface area contributed by atoms with Crippen molar-refractivity contribution in [2.45, 2.75) is 296 Å². The molecule has 9 heteroatoms. The van der Waals surface area contributed by atoms with Gasteiger partial charge in [0.2, 0.25) is 0 Å².